The predicted octanol–water partition coefficient (Wildman–Crippen LogP) is 1.45. The second-order valence-corrected chi connectivity index (χ2v) is 2.68. The van der Waals surface area contributed by atoms with E-state index in [1.807, 2.05) is 0 Å². The number of hydrogen-bond acceptors (Lipinski definition) is 3. The van der Waals surface area contributed by atoms with Crippen molar-refractivity contribution in [1.29, 1.82) is 0 Å². The molecule has 62 valence electrons. The number of ether oxygens (including phenoxy) is 1. The molecule has 0 fully saturated rings. The summed E-state index contributed by atoms with van der Waals surface area (Å²) in [5, 5.41) is 8.72. The Balaban J connectivity index is 4.35. The van der Waals surface area contributed by atoms with Gasteiger partial charge in [-0.2, -0.15) is 0 Å². The quantitative estimate of drug-likeness (QED) is 0.575. The van der Waals surface area contributed by atoms with Crippen LogP contribution >= 0.6 is 15.9 Å². The topological polar surface area (TPSA) is 41.8 Å². The van der Waals surface area contributed by atoms with Crippen molar-refractivity contribution >= 4 is 21.6 Å². The normalized spacial score (nSPS) is 11.0. The third-order valence-corrected chi connectivity index (χ3v) is 1.42. The number of aliphatic imine (C=N–C) groups is 1. The van der Waals surface area contributed by atoms with Gasteiger partial charge in [0.1, 0.15) is 0 Å². The van der Waals surface area contributed by atoms with Crippen molar-refractivity contribution in [3.63, 3.8) is 0 Å². The average molecular weight is 220 g/mol. The molecule has 11 heavy (non-hydrogen) atoms. The lowest BCUT2D eigenvalue weighted by Gasteiger charge is -2.01. The number of nitrogens with zero attached hydrogens (tertiary/aromatic N) is 1. The van der Waals surface area contributed by atoms with Crippen molar-refractivity contribution in [3.05, 3.63) is 23.5 Å². The summed E-state index contributed by atoms with van der Waals surface area (Å²) in [4.78, 5) is 3.82. The summed E-state index contributed by atoms with van der Waals surface area (Å²) in [5.41, 5.74) is 0.414. The van der Waals surface area contributed by atoms with Crippen LogP contribution in [0.1, 0.15) is 0 Å². The molecule has 0 bridgehead atoms. The fraction of sp³-hybridized carbons (Fsp3) is 0.286. The summed E-state index contributed by atoms with van der Waals surface area (Å²) in [5.74, 6) is 0.245. The molecule has 0 amide bonds. The fourth-order valence-corrected chi connectivity index (χ4v) is 0.592. The van der Waals surface area contributed by atoms with E-state index in [-0.39, 0.29) is 12.5 Å². The molecular weight excluding hydrogens is 210 g/mol. The van der Waals surface area contributed by atoms with Crippen LogP contribution in [0.5, 0.6) is 0 Å². The lowest BCUT2D eigenvalue weighted by molar-refractivity contribution is 0.289. The van der Waals surface area contributed by atoms with Gasteiger partial charge in [0.25, 0.3) is 0 Å². The highest BCUT2D eigenvalue weighted by atomic mass is 79.9. The van der Waals surface area contributed by atoms with Gasteiger partial charge in [-0.25, -0.2) is 4.99 Å². The van der Waals surface area contributed by atoms with E-state index in [9.17, 15) is 0 Å². The molecule has 0 atom stereocenters. The maximum Gasteiger partial charge on any atom is 0.205 e. The number of aliphatic hydroxyl groups is 1. The largest absolute Gasteiger partial charge is 0.481 e. The third kappa shape index (κ3) is 3.95. The van der Waals surface area contributed by atoms with E-state index >= 15 is 0 Å². The second kappa shape index (κ2) is 5.09. The van der Waals surface area contributed by atoms with Gasteiger partial charge in [0, 0.05) is 4.48 Å². The Morgan fingerprint density at radius 3 is 2.45 bits per heavy atom. The Morgan fingerprint density at radius 2 is 2.18 bits per heavy atom. The van der Waals surface area contributed by atoms with Crippen LogP contribution in [-0.4, -0.2) is 24.5 Å². The molecule has 0 saturated heterocycles. The first-order chi connectivity index (χ1) is 5.11. The fourth-order valence-electron chi connectivity index (χ4n) is 0.378. The molecule has 1 N–H and O–H groups in total. The van der Waals surface area contributed by atoms with Crippen LogP contribution in [0.2, 0.25) is 0 Å². The summed E-state index contributed by atoms with van der Waals surface area (Å²) in [6.07, 6.45) is 0. The molecule has 0 aliphatic rings. The van der Waals surface area contributed by atoms with Crippen molar-refractivity contribution in [2.24, 2.45) is 4.99 Å². The molecule has 4 heteroatoms. The number of hydrogen-bond donors (Lipinski definition) is 1. The van der Waals surface area contributed by atoms with Gasteiger partial charge in [-0.05, 0) is 22.5 Å². The lowest BCUT2D eigenvalue weighted by atomic mass is 10.4. The maximum absolute atomic E-state index is 8.72. The van der Waals surface area contributed by atoms with E-state index in [2.05, 4.69) is 38.8 Å². The molecule has 0 aliphatic heterocycles. The predicted molar refractivity (Wildman–Crippen MR) is 48.7 cm³/mol. The van der Waals surface area contributed by atoms with Crippen molar-refractivity contribution in [2.45, 2.75) is 0 Å². The zero-order valence-electron chi connectivity index (χ0n) is 6.30. The van der Waals surface area contributed by atoms with Crippen molar-refractivity contribution < 1.29 is 9.84 Å². The Hall–Kier alpha value is -0.610. The molecule has 0 spiro atoms. The third-order valence-electron chi connectivity index (χ3n) is 0.958. The van der Waals surface area contributed by atoms with Gasteiger partial charge in [-0.15, -0.1) is 0 Å². The van der Waals surface area contributed by atoms with Crippen LogP contribution in [-0.2, 0) is 4.74 Å². The minimum Gasteiger partial charge on any atom is -0.481 e. The van der Waals surface area contributed by atoms with E-state index in [1.165, 1.54) is 7.11 Å². The van der Waals surface area contributed by atoms with Crippen LogP contribution in [0.25, 0.3) is 0 Å². The van der Waals surface area contributed by atoms with Gasteiger partial charge in [-0.3, -0.25) is 0 Å². The first kappa shape index (κ1) is 10.4. The van der Waals surface area contributed by atoms with E-state index < -0.39 is 0 Å². The summed E-state index contributed by atoms with van der Waals surface area (Å²) < 4.78 is 5.20. The number of rotatable bonds is 4. The number of methoxy groups -OCH3 is 1. The molecular formula is C7H10BrNO2. The standard InChI is InChI=1S/C7H10BrNO2/c1-5(8)7(4-10)9-6(2)11-3/h10H,1-2,4H2,3H3/b9-7-. The van der Waals surface area contributed by atoms with Gasteiger partial charge in [0.05, 0.1) is 19.4 Å². The highest BCUT2D eigenvalue weighted by molar-refractivity contribution is 9.12. The highest BCUT2D eigenvalue weighted by Crippen LogP contribution is 2.06. The van der Waals surface area contributed by atoms with Crippen LogP contribution in [0, 0.1) is 0 Å². The monoisotopic (exact) mass is 219 g/mol. The molecule has 0 aromatic heterocycles. The summed E-state index contributed by atoms with van der Waals surface area (Å²) in [7, 11) is 1.46. The molecule has 0 rings (SSSR count). The summed E-state index contributed by atoms with van der Waals surface area (Å²) in [6.45, 7) is 6.82. The smallest absolute Gasteiger partial charge is 0.205 e. The van der Waals surface area contributed by atoms with E-state index in [0.717, 1.165) is 0 Å². The first-order valence-corrected chi connectivity index (χ1v) is 3.67. The van der Waals surface area contributed by atoms with E-state index in [1.54, 1.807) is 0 Å². The summed E-state index contributed by atoms with van der Waals surface area (Å²) >= 11 is 3.08. The first-order valence-electron chi connectivity index (χ1n) is 2.88. The molecule has 0 saturated carbocycles. The van der Waals surface area contributed by atoms with Crippen LogP contribution in [0.4, 0.5) is 0 Å². The molecule has 0 aromatic rings. The van der Waals surface area contributed by atoms with Crippen molar-refractivity contribution in [3.8, 4) is 0 Å². The minimum atomic E-state index is -0.188. The molecule has 3 nitrogen and oxygen atoms in total. The average Bonchev–Trinajstić information content (AvgIpc) is 1.99. The van der Waals surface area contributed by atoms with E-state index in [0.29, 0.717) is 10.2 Å². The number of aliphatic hydroxyl groups excluding tert-OH is 1. The van der Waals surface area contributed by atoms with Gasteiger partial charge < -0.3 is 9.84 Å². The van der Waals surface area contributed by atoms with E-state index in [4.69, 9.17) is 5.11 Å². The zero-order valence-corrected chi connectivity index (χ0v) is 7.89. The molecule has 0 aliphatic carbocycles. The van der Waals surface area contributed by atoms with Crippen LogP contribution in [0.3, 0.4) is 0 Å². The van der Waals surface area contributed by atoms with Gasteiger partial charge in [0.2, 0.25) is 5.88 Å². The van der Waals surface area contributed by atoms with Gasteiger partial charge >= 0.3 is 0 Å². The molecule has 0 aromatic carbocycles. The minimum absolute atomic E-state index is 0.188. The molecule has 0 heterocycles. The van der Waals surface area contributed by atoms with Crippen LogP contribution in [0.15, 0.2) is 28.5 Å². The number of halogens is 1. The molecule has 0 unspecified atom stereocenters. The van der Waals surface area contributed by atoms with Gasteiger partial charge in [0.15, 0.2) is 0 Å². The lowest BCUT2D eigenvalue weighted by Crippen LogP contribution is -2.04. The van der Waals surface area contributed by atoms with Gasteiger partial charge in [-0.1, -0.05) is 6.58 Å². The second-order valence-electron chi connectivity index (χ2n) is 1.72. The summed E-state index contributed by atoms with van der Waals surface area (Å²) in [6, 6.07) is 0. The molecule has 0 radical (unpaired) electrons. The Kier molecular flexibility index (Phi) is 4.81. The maximum atomic E-state index is 8.72. The zero-order chi connectivity index (χ0) is 8.85. The SMILES string of the molecule is C=C(/N=C(/CO)C(=C)Br)OC. The Labute approximate surface area is 74.2 Å². The van der Waals surface area contributed by atoms with Crippen molar-refractivity contribution in [2.75, 3.05) is 13.7 Å². The van der Waals surface area contributed by atoms with Crippen molar-refractivity contribution in [1.82, 2.24) is 0 Å². The highest BCUT2D eigenvalue weighted by Gasteiger charge is 1.99. The Morgan fingerprint density at radius 1 is 1.64 bits per heavy atom. The van der Waals surface area contributed by atoms with Crippen LogP contribution < -0.4 is 0 Å². The Bertz CT molecular complexity index is 199.